The maximum atomic E-state index is 12.5. The van der Waals surface area contributed by atoms with Gasteiger partial charge in [0.05, 0.1) is 0 Å². The number of aliphatic carboxylic acids is 1. The molecule has 2 amide bonds. The van der Waals surface area contributed by atoms with Crippen LogP contribution in [-0.4, -0.2) is 47.2 Å². The number of benzene rings is 1. The van der Waals surface area contributed by atoms with Gasteiger partial charge in [0.2, 0.25) is 5.91 Å². The number of thioether (sulfide) groups is 1. The first-order valence-electron chi connectivity index (χ1n) is 8.88. The van der Waals surface area contributed by atoms with Crippen molar-refractivity contribution in [2.75, 3.05) is 12.0 Å². The molecule has 0 spiro atoms. The number of ether oxygens (including phenoxy) is 1. The molecule has 8 heteroatoms. The van der Waals surface area contributed by atoms with Crippen LogP contribution in [0.1, 0.15) is 32.3 Å². The van der Waals surface area contributed by atoms with Crippen LogP contribution < -0.4 is 10.6 Å². The summed E-state index contributed by atoms with van der Waals surface area (Å²) < 4.78 is 5.16. The van der Waals surface area contributed by atoms with Crippen molar-refractivity contribution in [1.29, 1.82) is 0 Å². The second-order valence-corrected chi connectivity index (χ2v) is 7.24. The van der Waals surface area contributed by atoms with Crippen LogP contribution in [0.3, 0.4) is 0 Å². The molecule has 27 heavy (non-hydrogen) atoms. The Morgan fingerprint density at radius 1 is 1.19 bits per heavy atom. The van der Waals surface area contributed by atoms with Gasteiger partial charge in [0, 0.05) is 0 Å². The summed E-state index contributed by atoms with van der Waals surface area (Å²) in [6.07, 6.45) is 2.16. The van der Waals surface area contributed by atoms with Gasteiger partial charge in [0.1, 0.15) is 18.7 Å². The van der Waals surface area contributed by atoms with Gasteiger partial charge in [-0.25, -0.2) is 9.59 Å². The van der Waals surface area contributed by atoms with Crippen LogP contribution in [-0.2, 0) is 20.9 Å². The van der Waals surface area contributed by atoms with Crippen molar-refractivity contribution in [1.82, 2.24) is 10.6 Å². The fourth-order valence-electron chi connectivity index (χ4n) is 2.35. The van der Waals surface area contributed by atoms with E-state index in [0.717, 1.165) is 5.56 Å². The molecular formula is C19H28N2O5S. The number of nitrogens with one attached hydrogen (secondary N) is 2. The first kappa shape index (κ1) is 22.8. The van der Waals surface area contributed by atoms with Gasteiger partial charge in [-0.05, 0) is 29.9 Å². The summed E-state index contributed by atoms with van der Waals surface area (Å²) >= 11 is 1.53. The van der Waals surface area contributed by atoms with Crippen LogP contribution in [0.15, 0.2) is 30.3 Å². The Balaban J connectivity index is 2.68. The largest absolute Gasteiger partial charge is 0.480 e. The number of hydrogen-bond donors (Lipinski definition) is 3. The third-order valence-corrected chi connectivity index (χ3v) is 4.85. The summed E-state index contributed by atoms with van der Waals surface area (Å²) in [6.45, 7) is 3.71. The first-order valence-corrected chi connectivity index (χ1v) is 10.3. The number of carbonyl (C=O) groups is 3. The van der Waals surface area contributed by atoms with Crippen molar-refractivity contribution < 1.29 is 24.2 Å². The highest BCUT2D eigenvalue weighted by Crippen LogP contribution is 2.10. The zero-order valence-corrected chi connectivity index (χ0v) is 16.8. The van der Waals surface area contributed by atoms with Crippen LogP contribution in [0.5, 0.6) is 0 Å². The summed E-state index contributed by atoms with van der Waals surface area (Å²) in [5.41, 5.74) is 0.834. The minimum absolute atomic E-state index is 0.0914. The molecule has 0 aliphatic heterocycles. The highest BCUT2D eigenvalue weighted by molar-refractivity contribution is 7.98. The molecule has 0 saturated carbocycles. The Kier molecular flexibility index (Phi) is 10.3. The molecule has 1 rings (SSSR count). The molecule has 150 valence electrons. The Morgan fingerprint density at radius 3 is 2.41 bits per heavy atom. The Morgan fingerprint density at radius 2 is 1.85 bits per heavy atom. The molecule has 0 unspecified atom stereocenters. The fourth-order valence-corrected chi connectivity index (χ4v) is 2.82. The molecule has 0 fully saturated rings. The van der Waals surface area contributed by atoms with Crippen LogP contribution in [0.2, 0.25) is 0 Å². The van der Waals surface area contributed by atoms with E-state index in [1.165, 1.54) is 11.8 Å². The van der Waals surface area contributed by atoms with Gasteiger partial charge >= 0.3 is 12.1 Å². The van der Waals surface area contributed by atoms with Crippen molar-refractivity contribution >= 4 is 29.7 Å². The minimum Gasteiger partial charge on any atom is -0.480 e. The molecule has 1 aromatic rings. The smallest absolute Gasteiger partial charge is 0.408 e. The molecule has 0 radical (unpaired) electrons. The molecule has 0 saturated heterocycles. The monoisotopic (exact) mass is 396 g/mol. The number of amides is 2. The first-order chi connectivity index (χ1) is 12.9. The lowest BCUT2D eigenvalue weighted by Gasteiger charge is -2.24. The van der Waals surface area contributed by atoms with E-state index in [1.54, 1.807) is 6.92 Å². The molecule has 0 aromatic heterocycles. The normalized spacial score (nSPS) is 13.9. The van der Waals surface area contributed by atoms with E-state index in [-0.39, 0.29) is 12.5 Å². The average Bonchev–Trinajstić information content (AvgIpc) is 2.67. The van der Waals surface area contributed by atoms with E-state index < -0.39 is 30.1 Å². The van der Waals surface area contributed by atoms with Crippen LogP contribution >= 0.6 is 11.8 Å². The van der Waals surface area contributed by atoms with Gasteiger partial charge in [-0.1, -0.05) is 50.6 Å². The van der Waals surface area contributed by atoms with Crippen LogP contribution in [0.4, 0.5) is 4.79 Å². The lowest BCUT2D eigenvalue weighted by Crippen LogP contribution is -2.53. The van der Waals surface area contributed by atoms with Crippen LogP contribution in [0.25, 0.3) is 0 Å². The van der Waals surface area contributed by atoms with E-state index in [0.29, 0.717) is 18.6 Å². The SMILES string of the molecule is CC[C@H](C)[C@@H](NC(=O)[C@H](CCSC)NC(=O)OCc1ccccc1)C(=O)O. The zero-order chi connectivity index (χ0) is 20.2. The van der Waals surface area contributed by atoms with Gasteiger partial charge in [-0.2, -0.15) is 11.8 Å². The Hall–Kier alpha value is -2.22. The summed E-state index contributed by atoms with van der Waals surface area (Å²) in [6, 6.07) is 7.35. The highest BCUT2D eigenvalue weighted by atomic mass is 32.2. The van der Waals surface area contributed by atoms with E-state index >= 15 is 0 Å². The molecule has 3 atom stereocenters. The third kappa shape index (κ3) is 8.34. The summed E-state index contributed by atoms with van der Waals surface area (Å²) in [5, 5.41) is 14.4. The molecule has 0 heterocycles. The Labute approximate surface area is 164 Å². The fraction of sp³-hybridized carbons (Fsp3) is 0.526. The lowest BCUT2D eigenvalue weighted by atomic mass is 9.99. The van der Waals surface area contributed by atoms with E-state index in [9.17, 15) is 19.5 Å². The molecular weight excluding hydrogens is 368 g/mol. The van der Waals surface area contributed by atoms with E-state index in [2.05, 4.69) is 10.6 Å². The number of carboxylic acid groups (broad SMARTS) is 1. The molecule has 0 aliphatic rings. The van der Waals surface area contributed by atoms with Gasteiger partial charge < -0.3 is 20.5 Å². The van der Waals surface area contributed by atoms with E-state index in [4.69, 9.17) is 4.74 Å². The number of alkyl carbamates (subject to hydrolysis) is 1. The summed E-state index contributed by atoms with van der Waals surface area (Å²) in [4.78, 5) is 36.0. The molecule has 0 aliphatic carbocycles. The summed E-state index contributed by atoms with van der Waals surface area (Å²) in [5.74, 6) is -1.20. The topological polar surface area (TPSA) is 105 Å². The predicted molar refractivity (Wildman–Crippen MR) is 106 cm³/mol. The lowest BCUT2D eigenvalue weighted by molar-refractivity contribution is -0.143. The second kappa shape index (κ2) is 12.2. The van der Waals surface area contributed by atoms with Crippen molar-refractivity contribution in [2.24, 2.45) is 5.92 Å². The third-order valence-electron chi connectivity index (χ3n) is 4.21. The zero-order valence-electron chi connectivity index (χ0n) is 15.9. The van der Waals surface area contributed by atoms with Gasteiger partial charge in [0.15, 0.2) is 0 Å². The summed E-state index contributed by atoms with van der Waals surface area (Å²) in [7, 11) is 0. The van der Waals surface area contributed by atoms with Crippen molar-refractivity contribution in [3.63, 3.8) is 0 Å². The number of hydrogen-bond acceptors (Lipinski definition) is 5. The van der Waals surface area contributed by atoms with Crippen molar-refractivity contribution in [2.45, 2.75) is 45.4 Å². The van der Waals surface area contributed by atoms with Crippen molar-refractivity contribution in [3.8, 4) is 0 Å². The molecule has 7 nitrogen and oxygen atoms in total. The number of carbonyl (C=O) groups excluding carboxylic acids is 2. The molecule has 0 bridgehead atoms. The maximum Gasteiger partial charge on any atom is 0.408 e. The van der Waals surface area contributed by atoms with Gasteiger partial charge in [-0.3, -0.25) is 4.79 Å². The highest BCUT2D eigenvalue weighted by Gasteiger charge is 2.29. The maximum absolute atomic E-state index is 12.5. The molecule has 3 N–H and O–H groups in total. The number of carboxylic acids is 1. The van der Waals surface area contributed by atoms with E-state index in [1.807, 2.05) is 43.5 Å². The predicted octanol–water partition coefficient (Wildman–Crippen LogP) is 2.65. The van der Waals surface area contributed by atoms with Gasteiger partial charge in [0.25, 0.3) is 0 Å². The standard InChI is InChI=1S/C19H28N2O5S/c1-4-13(2)16(18(23)24)21-17(22)15(10-11-27-3)20-19(25)26-12-14-8-6-5-7-9-14/h5-9,13,15-16H,4,10-12H2,1-3H3,(H,20,25)(H,21,22)(H,23,24)/t13-,15-,16+/m0/s1. The minimum atomic E-state index is -1.09. The van der Waals surface area contributed by atoms with Gasteiger partial charge in [-0.15, -0.1) is 0 Å². The second-order valence-electron chi connectivity index (χ2n) is 6.25. The number of rotatable bonds is 11. The Bertz CT molecular complexity index is 611. The quantitative estimate of drug-likeness (QED) is 0.531. The van der Waals surface area contributed by atoms with Crippen LogP contribution in [0, 0.1) is 5.92 Å². The van der Waals surface area contributed by atoms with Crippen molar-refractivity contribution in [3.05, 3.63) is 35.9 Å². The average molecular weight is 397 g/mol. The molecule has 1 aromatic carbocycles.